The molecule has 4 atom stereocenters. The third-order valence-electron chi connectivity index (χ3n) is 6.51. The van der Waals surface area contributed by atoms with Gasteiger partial charge in [-0.2, -0.15) is 4.98 Å². The number of fused-ring (bicyclic) bond motifs is 1. The van der Waals surface area contributed by atoms with E-state index >= 15 is 0 Å². The molecule has 10 heteroatoms. The van der Waals surface area contributed by atoms with Gasteiger partial charge in [0, 0.05) is 24.3 Å². The third-order valence-corrected chi connectivity index (χ3v) is 7.55. The van der Waals surface area contributed by atoms with Gasteiger partial charge in [-0.25, -0.2) is 9.97 Å². The van der Waals surface area contributed by atoms with Crippen molar-refractivity contribution < 1.29 is 15.3 Å². The van der Waals surface area contributed by atoms with Crippen LogP contribution in [0, 0.1) is 19.8 Å². The van der Waals surface area contributed by atoms with Crippen LogP contribution in [-0.2, 0) is 0 Å². The van der Waals surface area contributed by atoms with Crippen molar-refractivity contribution in [2.45, 2.75) is 63.8 Å². The Balaban J connectivity index is 1.55. The zero-order valence-corrected chi connectivity index (χ0v) is 18.9. The maximum absolute atomic E-state index is 10.6. The summed E-state index contributed by atoms with van der Waals surface area (Å²) in [6.45, 7) is 3.70. The molecule has 32 heavy (non-hydrogen) atoms. The highest BCUT2D eigenvalue weighted by Crippen LogP contribution is 2.38. The number of nitrogens with zero attached hydrogens (tertiary/aromatic N) is 4. The van der Waals surface area contributed by atoms with Gasteiger partial charge >= 0.3 is 0 Å². The van der Waals surface area contributed by atoms with E-state index in [1.165, 1.54) is 6.42 Å². The average Bonchev–Trinajstić information content (AvgIpc) is 3.25. The lowest BCUT2D eigenvalue weighted by molar-refractivity contribution is 0.00446. The molecule has 5 N–H and O–H groups in total. The molecule has 0 aliphatic heterocycles. The molecule has 0 aromatic carbocycles. The van der Waals surface area contributed by atoms with Crippen LogP contribution in [0.4, 0.5) is 11.8 Å². The van der Waals surface area contributed by atoms with Crippen molar-refractivity contribution in [1.29, 1.82) is 0 Å². The van der Waals surface area contributed by atoms with Gasteiger partial charge in [-0.1, -0.05) is 0 Å². The largest absolute Gasteiger partial charge is 0.396 e. The second kappa shape index (κ2) is 8.51. The average molecular weight is 457 g/mol. The lowest BCUT2D eigenvalue weighted by Gasteiger charge is -2.27. The molecule has 3 heterocycles. The van der Waals surface area contributed by atoms with Crippen LogP contribution < -0.4 is 10.6 Å². The molecule has 2 aliphatic carbocycles. The van der Waals surface area contributed by atoms with Crippen molar-refractivity contribution in [2.75, 3.05) is 17.2 Å². The number of aromatic nitrogens is 4. The molecule has 0 amide bonds. The SMILES string of the molecule is Cc1cc2sc(-c3c(C)nc(NC4CCC4)nc3NC3CC(CO)C(O)C3O)nc2cn1. The minimum atomic E-state index is -1.000. The summed E-state index contributed by atoms with van der Waals surface area (Å²) in [6, 6.07) is 1.95. The smallest absolute Gasteiger partial charge is 0.225 e. The quantitative estimate of drug-likeness (QED) is 0.378. The fourth-order valence-electron chi connectivity index (χ4n) is 4.39. The lowest BCUT2D eigenvalue weighted by atomic mass is 9.93. The van der Waals surface area contributed by atoms with E-state index in [0.29, 0.717) is 24.2 Å². The molecule has 2 saturated carbocycles. The van der Waals surface area contributed by atoms with E-state index in [1.807, 2.05) is 19.9 Å². The number of aliphatic hydroxyl groups is 3. The summed E-state index contributed by atoms with van der Waals surface area (Å²) in [5.41, 5.74) is 3.29. The number of aryl methyl sites for hydroxylation is 2. The minimum Gasteiger partial charge on any atom is -0.396 e. The van der Waals surface area contributed by atoms with Gasteiger partial charge < -0.3 is 26.0 Å². The molecule has 0 bridgehead atoms. The number of rotatable bonds is 6. The molecular formula is C22H28N6O3S. The summed E-state index contributed by atoms with van der Waals surface area (Å²) in [4.78, 5) is 18.6. The predicted molar refractivity (Wildman–Crippen MR) is 124 cm³/mol. The van der Waals surface area contributed by atoms with Gasteiger partial charge in [-0.05, 0) is 45.6 Å². The van der Waals surface area contributed by atoms with E-state index in [0.717, 1.165) is 45.0 Å². The van der Waals surface area contributed by atoms with Gasteiger partial charge in [0.15, 0.2) is 0 Å². The van der Waals surface area contributed by atoms with Crippen molar-refractivity contribution in [1.82, 2.24) is 19.9 Å². The Morgan fingerprint density at radius 2 is 1.91 bits per heavy atom. The Morgan fingerprint density at radius 3 is 2.59 bits per heavy atom. The molecule has 0 spiro atoms. The van der Waals surface area contributed by atoms with Crippen LogP contribution in [0.15, 0.2) is 12.3 Å². The maximum Gasteiger partial charge on any atom is 0.225 e. The molecule has 0 radical (unpaired) electrons. The van der Waals surface area contributed by atoms with Crippen molar-refractivity contribution in [2.24, 2.45) is 5.92 Å². The lowest BCUT2D eigenvalue weighted by Crippen LogP contribution is -2.36. The first-order valence-corrected chi connectivity index (χ1v) is 11.9. The molecule has 5 rings (SSSR count). The van der Waals surface area contributed by atoms with Gasteiger partial charge in [0.1, 0.15) is 22.4 Å². The molecule has 2 aliphatic rings. The Hall–Kier alpha value is -2.40. The van der Waals surface area contributed by atoms with Crippen molar-refractivity contribution in [3.63, 3.8) is 0 Å². The van der Waals surface area contributed by atoms with Crippen LogP contribution in [0.25, 0.3) is 20.8 Å². The normalized spacial score (nSPS) is 25.8. The molecule has 3 aromatic rings. The van der Waals surface area contributed by atoms with Crippen LogP contribution in [0.3, 0.4) is 0 Å². The Bertz CT molecular complexity index is 1130. The fourth-order valence-corrected chi connectivity index (χ4v) is 5.53. The predicted octanol–water partition coefficient (Wildman–Crippen LogP) is 2.24. The molecule has 170 valence electrons. The fraction of sp³-hybridized carbons (Fsp3) is 0.545. The molecular weight excluding hydrogens is 428 g/mol. The monoisotopic (exact) mass is 456 g/mol. The number of nitrogens with one attached hydrogen (secondary N) is 2. The van der Waals surface area contributed by atoms with Crippen LogP contribution in [0.2, 0.25) is 0 Å². The van der Waals surface area contributed by atoms with E-state index in [1.54, 1.807) is 17.5 Å². The van der Waals surface area contributed by atoms with Gasteiger partial charge in [-0.3, -0.25) is 4.98 Å². The first-order chi connectivity index (χ1) is 15.4. The Labute approximate surface area is 190 Å². The summed E-state index contributed by atoms with van der Waals surface area (Å²) in [5.74, 6) is 0.736. The molecule has 2 fully saturated rings. The van der Waals surface area contributed by atoms with Crippen LogP contribution >= 0.6 is 11.3 Å². The maximum atomic E-state index is 10.6. The van der Waals surface area contributed by atoms with Gasteiger partial charge in [0.05, 0.1) is 34.3 Å². The molecule has 4 unspecified atom stereocenters. The zero-order chi connectivity index (χ0) is 22.4. The molecule has 3 aromatic heterocycles. The Morgan fingerprint density at radius 1 is 1.09 bits per heavy atom. The van der Waals surface area contributed by atoms with E-state index in [-0.39, 0.29) is 12.5 Å². The number of hydrogen-bond donors (Lipinski definition) is 5. The van der Waals surface area contributed by atoms with E-state index < -0.39 is 18.2 Å². The highest BCUT2D eigenvalue weighted by Gasteiger charge is 2.41. The third kappa shape index (κ3) is 3.92. The number of hydrogen-bond acceptors (Lipinski definition) is 10. The number of aliphatic hydroxyl groups excluding tert-OH is 3. The van der Waals surface area contributed by atoms with E-state index in [4.69, 9.17) is 15.0 Å². The number of thiazole rings is 1. The summed E-state index contributed by atoms with van der Waals surface area (Å²) in [7, 11) is 0. The van der Waals surface area contributed by atoms with Crippen molar-refractivity contribution >= 4 is 33.3 Å². The second-order valence-corrected chi connectivity index (χ2v) is 9.88. The number of pyridine rings is 1. The summed E-state index contributed by atoms with van der Waals surface area (Å²) in [5, 5.41) is 37.9. The standard InChI is InChI=1S/C22H28N6O3S/c1-10-6-16-15(8-23-10)27-21(32-16)17-11(2)24-22(25-13-4-3-5-13)28-20(17)26-14-7-12(9-29)18(30)19(14)31/h6,8,12-14,18-19,29-31H,3-5,7,9H2,1-2H3,(H2,24,25,26,28). The van der Waals surface area contributed by atoms with Gasteiger partial charge in [0.2, 0.25) is 5.95 Å². The molecule has 0 saturated heterocycles. The summed E-state index contributed by atoms with van der Waals surface area (Å²) >= 11 is 1.55. The second-order valence-electron chi connectivity index (χ2n) is 8.85. The summed E-state index contributed by atoms with van der Waals surface area (Å²) < 4.78 is 1.03. The van der Waals surface area contributed by atoms with Crippen molar-refractivity contribution in [3.05, 3.63) is 23.7 Å². The van der Waals surface area contributed by atoms with Crippen LogP contribution in [0.1, 0.15) is 37.1 Å². The first kappa shape index (κ1) is 21.4. The zero-order valence-electron chi connectivity index (χ0n) is 18.1. The first-order valence-electron chi connectivity index (χ1n) is 11.0. The number of anilines is 2. The Kier molecular flexibility index (Phi) is 5.70. The van der Waals surface area contributed by atoms with E-state index in [9.17, 15) is 15.3 Å². The highest BCUT2D eigenvalue weighted by molar-refractivity contribution is 7.21. The summed E-state index contributed by atoms with van der Waals surface area (Å²) in [6.07, 6.45) is 3.63. The van der Waals surface area contributed by atoms with E-state index in [2.05, 4.69) is 15.6 Å². The molecule has 9 nitrogen and oxygen atoms in total. The van der Waals surface area contributed by atoms with Crippen LogP contribution in [0.5, 0.6) is 0 Å². The van der Waals surface area contributed by atoms with Gasteiger partial charge in [0.25, 0.3) is 0 Å². The minimum absolute atomic E-state index is 0.176. The van der Waals surface area contributed by atoms with Crippen molar-refractivity contribution in [3.8, 4) is 10.6 Å². The van der Waals surface area contributed by atoms with Crippen LogP contribution in [-0.4, -0.2) is 66.2 Å². The topological polar surface area (TPSA) is 136 Å². The van der Waals surface area contributed by atoms with Gasteiger partial charge in [-0.15, -0.1) is 11.3 Å². The highest BCUT2D eigenvalue weighted by atomic mass is 32.1.